The van der Waals surface area contributed by atoms with E-state index in [1.165, 1.54) is 98.9 Å². The third-order valence-electron chi connectivity index (χ3n) is 5.35. The quantitative estimate of drug-likeness (QED) is 0.319. The maximum Gasteiger partial charge on any atom is 0.0462 e. The van der Waals surface area contributed by atoms with Crippen molar-refractivity contribution in [1.29, 1.82) is 0 Å². The molecule has 0 amide bonds. The summed E-state index contributed by atoms with van der Waals surface area (Å²) in [4.78, 5) is 0. The van der Waals surface area contributed by atoms with Crippen molar-refractivity contribution in [2.45, 2.75) is 84.0 Å². The van der Waals surface area contributed by atoms with E-state index in [0.717, 1.165) is 6.61 Å². The second-order valence-corrected chi connectivity index (χ2v) is 7.69. The van der Waals surface area contributed by atoms with Gasteiger partial charge in [-0.05, 0) is 54.0 Å². The summed E-state index contributed by atoms with van der Waals surface area (Å²) in [5, 5.41) is 2.80. The molecule has 0 atom stereocenters. The Kier molecular flexibility index (Phi) is 10.4. The molecule has 144 valence electrons. The van der Waals surface area contributed by atoms with Gasteiger partial charge in [-0.3, -0.25) is 0 Å². The van der Waals surface area contributed by atoms with Crippen molar-refractivity contribution in [1.82, 2.24) is 0 Å². The minimum Gasteiger partial charge on any atom is -0.385 e. The van der Waals surface area contributed by atoms with Gasteiger partial charge in [0.15, 0.2) is 0 Å². The zero-order valence-corrected chi connectivity index (χ0v) is 17.1. The summed E-state index contributed by atoms with van der Waals surface area (Å²) in [5.74, 6) is 0. The molecule has 0 aliphatic rings. The lowest BCUT2D eigenvalue weighted by Gasteiger charge is -2.07. The Labute approximate surface area is 161 Å². The van der Waals surface area contributed by atoms with Gasteiger partial charge in [-0.1, -0.05) is 88.3 Å². The lowest BCUT2D eigenvalue weighted by Crippen LogP contribution is -1.91. The van der Waals surface area contributed by atoms with Gasteiger partial charge in [-0.15, -0.1) is 0 Å². The first-order valence-electron chi connectivity index (χ1n) is 10.8. The van der Waals surface area contributed by atoms with E-state index < -0.39 is 0 Å². The van der Waals surface area contributed by atoms with Crippen molar-refractivity contribution in [3.8, 4) is 0 Å². The van der Waals surface area contributed by atoms with Crippen LogP contribution in [-0.2, 0) is 17.6 Å². The van der Waals surface area contributed by atoms with Crippen LogP contribution in [0.3, 0.4) is 0 Å². The molecule has 0 spiro atoms. The van der Waals surface area contributed by atoms with Crippen molar-refractivity contribution in [2.75, 3.05) is 13.7 Å². The first kappa shape index (κ1) is 21.0. The standard InChI is InChI=1S/C25H38O/c1-3-4-5-6-7-10-13-22-15-17-25-21-23(16-18-24(25)20-22)14-11-8-9-12-19-26-2/h15-18,20-21H,3-14,19H2,1-2H3. The molecule has 0 aliphatic carbocycles. The van der Waals surface area contributed by atoms with Crippen LogP contribution in [0.15, 0.2) is 36.4 Å². The normalized spacial score (nSPS) is 11.3. The van der Waals surface area contributed by atoms with Crippen LogP contribution in [0, 0.1) is 0 Å². The fourth-order valence-corrected chi connectivity index (χ4v) is 3.69. The molecule has 1 heteroatoms. The highest BCUT2D eigenvalue weighted by atomic mass is 16.5. The van der Waals surface area contributed by atoms with Gasteiger partial charge in [-0.25, -0.2) is 0 Å². The highest BCUT2D eigenvalue weighted by Gasteiger charge is 2.00. The number of aryl methyl sites for hydroxylation is 2. The Balaban J connectivity index is 1.76. The smallest absolute Gasteiger partial charge is 0.0462 e. The molecule has 2 aromatic carbocycles. The fraction of sp³-hybridized carbons (Fsp3) is 0.600. The molecule has 0 aliphatic heterocycles. The number of unbranched alkanes of at least 4 members (excludes halogenated alkanes) is 8. The van der Waals surface area contributed by atoms with Gasteiger partial charge in [-0.2, -0.15) is 0 Å². The maximum atomic E-state index is 5.11. The molecule has 1 nitrogen and oxygen atoms in total. The first-order chi connectivity index (χ1) is 12.8. The third-order valence-corrected chi connectivity index (χ3v) is 5.35. The molecule has 0 unspecified atom stereocenters. The molecule has 0 aromatic heterocycles. The molecular weight excluding hydrogens is 316 g/mol. The van der Waals surface area contributed by atoms with Crippen LogP contribution < -0.4 is 0 Å². The van der Waals surface area contributed by atoms with Crippen LogP contribution in [0.25, 0.3) is 10.8 Å². The number of hydrogen-bond acceptors (Lipinski definition) is 1. The average Bonchev–Trinajstić information content (AvgIpc) is 2.67. The SMILES string of the molecule is CCCCCCCCc1ccc2cc(CCCCCCOC)ccc2c1. The molecule has 26 heavy (non-hydrogen) atoms. The van der Waals surface area contributed by atoms with Gasteiger partial charge in [0.2, 0.25) is 0 Å². The van der Waals surface area contributed by atoms with Crippen molar-refractivity contribution in [3.63, 3.8) is 0 Å². The monoisotopic (exact) mass is 354 g/mol. The summed E-state index contributed by atoms with van der Waals surface area (Å²) >= 11 is 0. The number of fused-ring (bicyclic) bond motifs is 1. The zero-order chi connectivity index (χ0) is 18.5. The minimum atomic E-state index is 0.900. The van der Waals surface area contributed by atoms with E-state index >= 15 is 0 Å². The Bertz CT molecular complexity index is 561. The van der Waals surface area contributed by atoms with Crippen LogP contribution in [0.2, 0.25) is 0 Å². The molecule has 0 bridgehead atoms. The van der Waals surface area contributed by atoms with Crippen molar-refractivity contribution in [3.05, 3.63) is 47.5 Å². The Hall–Kier alpha value is -1.34. The summed E-state index contributed by atoms with van der Waals surface area (Å²) in [6.07, 6.45) is 15.7. The second-order valence-electron chi connectivity index (χ2n) is 7.69. The molecule has 0 N–H and O–H groups in total. The number of ether oxygens (including phenoxy) is 1. The molecular formula is C25H38O. The molecule has 0 heterocycles. The predicted molar refractivity (Wildman–Crippen MR) is 115 cm³/mol. The van der Waals surface area contributed by atoms with E-state index in [1.807, 2.05) is 0 Å². The number of rotatable bonds is 14. The van der Waals surface area contributed by atoms with Gasteiger partial charge >= 0.3 is 0 Å². The number of methoxy groups -OCH3 is 1. The van der Waals surface area contributed by atoms with Gasteiger partial charge in [0, 0.05) is 13.7 Å². The predicted octanol–water partition coefficient (Wildman–Crippen LogP) is 7.49. The highest BCUT2D eigenvalue weighted by Crippen LogP contribution is 2.21. The molecule has 0 saturated carbocycles. The minimum absolute atomic E-state index is 0.900. The molecule has 0 radical (unpaired) electrons. The topological polar surface area (TPSA) is 9.23 Å². The van der Waals surface area contributed by atoms with E-state index in [9.17, 15) is 0 Å². The summed E-state index contributed by atoms with van der Waals surface area (Å²) in [5.41, 5.74) is 2.98. The van der Waals surface area contributed by atoms with E-state index in [0.29, 0.717) is 0 Å². The van der Waals surface area contributed by atoms with Crippen molar-refractivity contribution in [2.24, 2.45) is 0 Å². The summed E-state index contributed by atoms with van der Waals surface area (Å²) < 4.78 is 5.11. The number of benzene rings is 2. The van der Waals surface area contributed by atoms with E-state index in [1.54, 1.807) is 7.11 Å². The van der Waals surface area contributed by atoms with Crippen LogP contribution in [0.1, 0.15) is 82.3 Å². The third kappa shape index (κ3) is 7.91. The van der Waals surface area contributed by atoms with Gasteiger partial charge < -0.3 is 4.74 Å². The summed E-state index contributed by atoms with van der Waals surface area (Å²) in [7, 11) is 1.79. The van der Waals surface area contributed by atoms with Crippen molar-refractivity contribution < 1.29 is 4.74 Å². The van der Waals surface area contributed by atoms with Crippen molar-refractivity contribution >= 4 is 10.8 Å². The largest absolute Gasteiger partial charge is 0.385 e. The maximum absolute atomic E-state index is 5.11. The Morgan fingerprint density at radius 1 is 0.615 bits per heavy atom. The van der Waals surface area contributed by atoms with E-state index in [4.69, 9.17) is 4.74 Å². The molecule has 2 rings (SSSR count). The highest BCUT2D eigenvalue weighted by molar-refractivity contribution is 5.83. The van der Waals surface area contributed by atoms with Crippen LogP contribution in [0.5, 0.6) is 0 Å². The summed E-state index contributed by atoms with van der Waals surface area (Å²) in [6, 6.07) is 14.1. The molecule has 2 aromatic rings. The lowest BCUT2D eigenvalue weighted by molar-refractivity contribution is 0.192. The van der Waals surface area contributed by atoms with Gasteiger partial charge in [0.05, 0.1) is 0 Å². The van der Waals surface area contributed by atoms with E-state index in [-0.39, 0.29) is 0 Å². The lowest BCUT2D eigenvalue weighted by atomic mass is 9.98. The average molecular weight is 355 g/mol. The molecule has 0 fully saturated rings. The van der Waals surface area contributed by atoms with Crippen LogP contribution in [-0.4, -0.2) is 13.7 Å². The summed E-state index contributed by atoms with van der Waals surface area (Å²) in [6.45, 7) is 3.18. The second kappa shape index (κ2) is 12.9. The first-order valence-corrected chi connectivity index (χ1v) is 10.8. The number of hydrogen-bond donors (Lipinski definition) is 0. The zero-order valence-electron chi connectivity index (χ0n) is 17.1. The fourth-order valence-electron chi connectivity index (χ4n) is 3.69. The Morgan fingerprint density at radius 3 is 1.65 bits per heavy atom. The van der Waals surface area contributed by atoms with Gasteiger partial charge in [0.1, 0.15) is 0 Å². The van der Waals surface area contributed by atoms with Gasteiger partial charge in [0.25, 0.3) is 0 Å². The molecule has 0 saturated heterocycles. The Morgan fingerprint density at radius 2 is 1.12 bits per heavy atom. The van der Waals surface area contributed by atoms with E-state index in [2.05, 4.69) is 43.3 Å². The van der Waals surface area contributed by atoms with Crippen LogP contribution >= 0.6 is 0 Å². The van der Waals surface area contributed by atoms with Crippen LogP contribution in [0.4, 0.5) is 0 Å².